The molecule has 0 aliphatic heterocycles. The lowest BCUT2D eigenvalue weighted by atomic mass is 10.1. The van der Waals surface area contributed by atoms with Gasteiger partial charge in [0.05, 0.1) is 18.1 Å². The van der Waals surface area contributed by atoms with Gasteiger partial charge < -0.3 is 18.8 Å². The Hall–Kier alpha value is -3.28. The summed E-state index contributed by atoms with van der Waals surface area (Å²) in [6.07, 6.45) is 1.03. The molecule has 1 heterocycles. The number of methoxy groups -OCH3 is 1. The maximum Gasteiger partial charge on any atom is 0.415 e. The highest BCUT2D eigenvalue weighted by atomic mass is 16.6. The third-order valence-corrected chi connectivity index (χ3v) is 4.68. The minimum absolute atomic E-state index is 0.0302. The lowest BCUT2D eigenvalue weighted by molar-refractivity contribution is 0.122. The zero-order chi connectivity index (χ0) is 21.1. The molecule has 1 amide bonds. The highest BCUT2D eigenvalue weighted by molar-refractivity contribution is 5.82. The molecule has 0 aliphatic rings. The van der Waals surface area contributed by atoms with Crippen LogP contribution in [0.3, 0.4) is 0 Å². The van der Waals surface area contributed by atoms with Gasteiger partial charge in [-0.1, -0.05) is 12.1 Å². The lowest BCUT2D eigenvalue weighted by Gasteiger charge is -2.29. The molecule has 152 valence electrons. The normalized spacial score (nSPS) is 11.1. The van der Waals surface area contributed by atoms with Crippen molar-refractivity contribution >= 4 is 17.1 Å². The number of benzene rings is 2. The number of amides is 1. The first-order valence-corrected chi connectivity index (χ1v) is 9.52. The minimum Gasteiger partial charge on any atom is -0.497 e. The largest absolute Gasteiger partial charge is 0.497 e. The van der Waals surface area contributed by atoms with Crippen molar-refractivity contribution in [3.63, 3.8) is 0 Å². The summed E-state index contributed by atoms with van der Waals surface area (Å²) < 4.78 is 16.3. The highest BCUT2D eigenvalue weighted by Gasteiger charge is 2.22. The van der Waals surface area contributed by atoms with Gasteiger partial charge in [-0.05, 0) is 57.5 Å². The van der Waals surface area contributed by atoms with Gasteiger partial charge in [0.1, 0.15) is 23.3 Å². The predicted molar refractivity (Wildman–Crippen MR) is 113 cm³/mol. The fourth-order valence-corrected chi connectivity index (χ4v) is 3.31. The molecule has 3 aromatic rings. The summed E-state index contributed by atoms with van der Waals surface area (Å²) in [5.41, 5.74) is 1.45. The van der Waals surface area contributed by atoms with E-state index in [2.05, 4.69) is 0 Å². The molecule has 0 atom stereocenters. The SMILES string of the molecule is COc1ccc2c(=O)c(-c3ccc(OC(=O)N(C(C)C)C(C)C)cc3)coc2c1. The molecule has 6 nitrogen and oxygen atoms in total. The number of carbonyl (C=O) groups excluding carboxylic acids is 1. The molecule has 6 heteroatoms. The van der Waals surface area contributed by atoms with E-state index in [4.69, 9.17) is 13.9 Å². The molecule has 0 fully saturated rings. The second-order valence-electron chi connectivity index (χ2n) is 7.33. The average molecular weight is 395 g/mol. The molecular weight excluding hydrogens is 370 g/mol. The first kappa shape index (κ1) is 20.5. The van der Waals surface area contributed by atoms with E-state index in [0.717, 1.165) is 0 Å². The van der Waals surface area contributed by atoms with Crippen LogP contribution in [0.1, 0.15) is 27.7 Å². The summed E-state index contributed by atoms with van der Waals surface area (Å²) in [4.78, 5) is 26.9. The van der Waals surface area contributed by atoms with Crippen molar-refractivity contribution in [2.75, 3.05) is 7.11 Å². The minimum atomic E-state index is -0.401. The van der Waals surface area contributed by atoms with Crippen LogP contribution >= 0.6 is 0 Å². The van der Waals surface area contributed by atoms with Crippen LogP contribution in [0, 0.1) is 0 Å². The molecule has 0 bridgehead atoms. The van der Waals surface area contributed by atoms with Crippen molar-refractivity contribution in [2.45, 2.75) is 39.8 Å². The van der Waals surface area contributed by atoms with Crippen molar-refractivity contribution in [1.29, 1.82) is 0 Å². The molecule has 3 rings (SSSR count). The summed E-state index contributed by atoms with van der Waals surface area (Å²) in [5.74, 6) is 1.04. The van der Waals surface area contributed by atoms with Gasteiger partial charge in [-0.2, -0.15) is 0 Å². The number of hydrogen-bond donors (Lipinski definition) is 0. The third-order valence-electron chi connectivity index (χ3n) is 4.68. The summed E-state index contributed by atoms with van der Waals surface area (Å²) in [5, 5.41) is 0.475. The maximum absolute atomic E-state index is 12.8. The van der Waals surface area contributed by atoms with Gasteiger partial charge in [-0.15, -0.1) is 0 Å². The Morgan fingerprint density at radius 2 is 1.59 bits per heavy atom. The number of hydrogen-bond acceptors (Lipinski definition) is 5. The van der Waals surface area contributed by atoms with Crippen LogP contribution in [0.2, 0.25) is 0 Å². The average Bonchev–Trinajstić information content (AvgIpc) is 2.68. The van der Waals surface area contributed by atoms with Gasteiger partial charge in [-0.25, -0.2) is 4.79 Å². The number of ether oxygens (including phenoxy) is 2. The Morgan fingerprint density at radius 1 is 0.966 bits per heavy atom. The molecule has 0 radical (unpaired) electrons. The van der Waals surface area contributed by atoms with E-state index in [1.807, 2.05) is 27.7 Å². The second kappa shape index (κ2) is 8.39. The number of rotatable bonds is 5. The highest BCUT2D eigenvalue weighted by Crippen LogP contribution is 2.25. The molecule has 0 unspecified atom stereocenters. The molecule has 0 saturated heterocycles. The van der Waals surface area contributed by atoms with E-state index in [1.54, 1.807) is 54.5 Å². The molecular formula is C23H25NO5. The Bertz CT molecular complexity index is 1060. The fraction of sp³-hybridized carbons (Fsp3) is 0.304. The quantitative estimate of drug-likeness (QED) is 0.602. The van der Waals surface area contributed by atoms with Crippen LogP contribution < -0.4 is 14.9 Å². The zero-order valence-electron chi connectivity index (χ0n) is 17.3. The molecule has 29 heavy (non-hydrogen) atoms. The van der Waals surface area contributed by atoms with Gasteiger partial charge in [-0.3, -0.25) is 4.79 Å². The Kier molecular flexibility index (Phi) is 5.92. The monoisotopic (exact) mass is 395 g/mol. The topological polar surface area (TPSA) is 69.0 Å². The molecule has 0 spiro atoms. The van der Waals surface area contributed by atoms with Crippen LogP contribution in [0.25, 0.3) is 22.1 Å². The van der Waals surface area contributed by atoms with Crippen molar-refractivity contribution < 1.29 is 18.7 Å². The first-order chi connectivity index (χ1) is 13.8. The summed E-state index contributed by atoms with van der Waals surface area (Å²) in [6.45, 7) is 7.77. The predicted octanol–water partition coefficient (Wildman–Crippen LogP) is 5.09. The van der Waals surface area contributed by atoms with Crippen LogP contribution in [-0.2, 0) is 0 Å². The van der Waals surface area contributed by atoms with Crippen molar-refractivity contribution in [1.82, 2.24) is 4.90 Å². The fourth-order valence-electron chi connectivity index (χ4n) is 3.31. The Labute approximate surface area is 169 Å². The number of fused-ring (bicyclic) bond motifs is 1. The zero-order valence-corrected chi connectivity index (χ0v) is 17.3. The van der Waals surface area contributed by atoms with Crippen molar-refractivity contribution in [3.8, 4) is 22.6 Å². The standard InChI is InChI=1S/C23H25NO5/c1-14(2)24(15(3)4)23(26)29-17-8-6-16(7-9-17)20-13-28-21-12-18(27-5)10-11-19(21)22(20)25/h6-15H,1-5H3. The van der Waals surface area contributed by atoms with E-state index < -0.39 is 6.09 Å². The van der Waals surface area contributed by atoms with Crippen LogP contribution in [0.4, 0.5) is 4.79 Å². The van der Waals surface area contributed by atoms with E-state index in [-0.39, 0.29) is 17.5 Å². The lowest BCUT2D eigenvalue weighted by Crippen LogP contribution is -2.43. The molecule has 1 aromatic heterocycles. The van der Waals surface area contributed by atoms with Gasteiger partial charge >= 0.3 is 6.09 Å². The van der Waals surface area contributed by atoms with Crippen molar-refractivity contribution in [2.24, 2.45) is 0 Å². The third kappa shape index (κ3) is 4.26. The van der Waals surface area contributed by atoms with E-state index in [1.165, 1.54) is 6.26 Å². The summed E-state index contributed by atoms with van der Waals surface area (Å²) in [7, 11) is 1.56. The Balaban J connectivity index is 1.86. The van der Waals surface area contributed by atoms with E-state index >= 15 is 0 Å². The van der Waals surface area contributed by atoms with Gasteiger partial charge in [0, 0.05) is 18.2 Å². The number of carbonyl (C=O) groups is 1. The van der Waals surface area contributed by atoms with Gasteiger partial charge in [0.15, 0.2) is 5.43 Å². The molecule has 0 saturated carbocycles. The van der Waals surface area contributed by atoms with Gasteiger partial charge in [0.2, 0.25) is 0 Å². The van der Waals surface area contributed by atoms with Crippen LogP contribution in [-0.4, -0.2) is 30.2 Å². The van der Waals surface area contributed by atoms with Crippen LogP contribution in [0.15, 0.2) is 57.9 Å². The molecule has 0 aliphatic carbocycles. The van der Waals surface area contributed by atoms with E-state index in [9.17, 15) is 9.59 Å². The van der Waals surface area contributed by atoms with E-state index in [0.29, 0.717) is 33.6 Å². The first-order valence-electron chi connectivity index (χ1n) is 9.52. The molecule has 2 aromatic carbocycles. The molecule has 0 N–H and O–H groups in total. The second-order valence-corrected chi connectivity index (χ2v) is 7.33. The van der Waals surface area contributed by atoms with Gasteiger partial charge in [0.25, 0.3) is 0 Å². The number of nitrogens with zero attached hydrogens (tertiary/aromatic N) is 1. The Morgan fingerprint density at radius 3 is 2.17 bits per heavy atom. The smallest absolute Gasteiger partial charge is 0.415 e. The van der Waals surface area contributed by atoms with Crippen LogP contribution in [0.5, 0.6) is 11.5 Å². The summed E-state index contributed by atoms with van der Waals surface area (Å²) in [6, 6.07) is 12.0. The maximum atomic E-state index is 12.8. The van der Waals surface area contributed by atoms with Crippen molar-refractivity contribution in [3.05, 3.63) is 59.0 Å². The summed E-state index contributed by atoms with van der Waals surface area (Å²) >= 11 is 0.